The minimum absolute atomic E-state index is 0.137. The Balaban J connectivity index is 1.60. The van der Waals surface area contributed by atoms with E-state index in [0.29, 0.717) is 13.1 Å². The summed E-state index contributed by atoms with van der Waals surface area (Å²) in [7, 11) is -3.56. The Labute approximate surface area is 146 Å². The van der Waals surface area contributed by atoms with Crippen molar-refractivity contribution in [2.75, 3.05) is 26.2 Å². The zero-order chi connectivity index (χ0) is 17.7. The van der Waals surface area contributed by atoms with Gasteiger partial charge in [-0.15, -0.1) is 0 Å². The van der Waals surface area contributed by atoms with Crippen LogP contribution in [0.15, 0.2) is 60.0 Å². The van der Waals surface area contributed by atoms with Gasteiger partial charge in [0.05, 0.1) is 0 Å². The van der Waals surface area contributed by atoms with Crippen molar-refractivity contribution >= 4 is 22.0 Å². The summed E-state index contributed by atoms with van der Waals surface area (Å²) in [6.45, 7) is 1.25. The number of hydrogen-bond acceptors (Lipinski definition) is 5. The van der Waals surface area contributed by atoms with E-state index < -0.39 is 10.0 Å². The molecule has 8 heteroatoms. The van der Waals surface area contributed by atoms with Gasteiger partial charge < -0.3 is 4.90 Å². The van der Waals surface area contributed by atoms with Crippen LogP contribution in [0.2, 0.25) is 0 Å². The average molecular weight is 358 g/mol. The number of piperazine rings is 1. The van der Waals surface area contributed by atoms with Crippen LogP contribution in [0, 0.1) is 0 Å². The summed E-state index contributed by atoms with van der Waals surface area (Å²) >= 11 is 0. The molecular formula is C17H18N4O3S. The highest BCUT2D eigenvalue weighted by atomic mass is 32.2. The van der Waals surface area contributed by atoms with Crippen LogP contribution in [0.3, 0.4) is 0 Å². The van der Waals surface area contributed by atoms with Crippen molar-refractivity contribution < 1.29 is 13.2 Å². The number of carbonyl (C=O) groups is 1. The largest absolute Gasteiger partial charge is 0.337 e. The fraction of sp³-hybridized carbons (Fsp3) is 0.235. The second-order valence-electron chi connectivity index (χ2n) is 5.54. The lowest BCUT2D eigenvalue weighted by Gasteiger charge is -2.33. The highest BCUT2D eigenvalue weighted by molar-refractivity contribution is 7.89. The Kier molecular flexibility index (Phi) is 5.20. The van der Waals surface area contributed by atoms with Crippen LogP contribution in [0.4, 0.5) is 0 Å². The average Bonchev–Trinajstić information content (AvgIpc) is 2.68. The Morgan fingerprint density at radius 1 is 1.00 bits per heavy atom. The molecule has 1 fully saturated rings. The van der Waals surface area contributed by atoms with Gasteiger partial charge in [-0.3, -0.25) is 14.8 Å². The lowest BCUT2D eigenvalue weighted by atomic mass is 10.2. The zero-order valence-corrected chi connectivity index (χ0v) is 14.3. The molecule has 1 aliphatic rings. The Morgan fingerprint density at radius 2 is 1.68 bits per heavy atom. The molecule has 0 saturated carbocycles. The van der Waals surface area contributed by atoms with E-state index in [1.54, 1.807) is 35.5 Å². The predicted octanol–water partition coefficient (Wildman–Crippen LogP) is 1.02. The summed E-state index contributed by atoms with van der Waals surface area (Å²) in [5.74, 6) is -0.137. The maximum absolute atomic E-state index is 12.5. The normalized spacial score (nSPS) is 16.2. The first-order valence-corrected chi connectivity index (χ1v) is 9.28. The van der Waals surface area contributed by atoms with Gasteiger partial charge in [0.1, 0.15) is 4.90 Å². The second kappa shape index (κ2) is 7.54. The summed E-state index contributed by atoms with van der Waals surface area (Å²) in [6, 6.07) is 6.77. The quantitative estimate of drug-likeness (QED) is 0.762. The summed E-state index contributed by atoms with van der Waals surface area (Å²) in [4.78, 5) is 21.9. The van der Waals surface area contributed by atoms with Crippen molar-refractivity contribution in [3.63, 3.8) is 0 Å². The van der Waals surface area contributed by atoms with Gasteiger partial charge in [0.25, 0.3) is 0 Å². The Bertz CT molecular complexity index is 846. The van der Waals surface area contributed by atoms with Gasteiger partial charge in [0.15, 0.2) is 0 Å². The van der Waals surface area contributed by atoms with Crippen molar-refractivity contribution in [3.8, 4) is 0 Å². The number of pyridine rings is 2. The Hall–Kier alpha value is -2.58. The van der Waals surface area contributed by atoms with Crippen molar-refractivity contribution in [1.82, 2.24) is 19.2 Å². The van der Waals surface area contributed by atoms with E-state index in [1.807, 2.05) is 6.07 Å². The van der Waals surface area contributed by atoms with Gasteiger partial charge in [-0.1, -0.05) is 6.07 Å². The third-order valence-electron chi connectivity index (χ3n) is 3.93. The maximum atomic E-state index is 12.5. The number of hydrogen-bond donors (Lipinski definition) is 0. The van der Waals surface area contributed by atoms with Gasteiger partial charge in [-0.05, 0) is 29.8 Å². The zero-order valence-electron chi connectivity index (χ0n) is 13.5. The standard InChI is InChI=1S/C17H18N4O3S/c22-17(6-5-15-3-1-7-18-13-15)20-9-11-21(12-10-20)25(23,24)16-4-2-8-19-14-16/h1-8,13-14H,9-12H2. The second-order valence-corrected chi connectivity index (χ2v) is 7.48. The number of amides is 1. The molecule has 2 aromatic heterocycles. The summed E-state index contributed by atoms with van der Waals surface area (Å²) in [5.41, 5.74) is 0.841. The van der Waals surface area contributed by atoms with Gasteiger partial charge in [0, 0.05) is 57.0 Å². The van der Waals surface area contributed by atoms with Crippen LogP contribution < -0.4 is 0 Å². The topological polar surface area (TPSA) is 83.5 Å². The van der Waals surface area contributed by atoms with Crippen LogP contribution in [0.5, 0.6) is 0 Å². The van der Waals surface area contributed by atoms with Gasteiger partial charge in [0.2, 0.25) is 15.9 Å². The summed E-state index contributed by atoms with van der Waals surface area (Å²) in [6.07, 6.45) is 9.40. The lowest BCUT2D eigenvalue weighted by molar-refractivity contribution is -0.127. The molecule has 0 spiro atoms. The summed E-state index contributed by atoms with van der Waals surface area (Å²) in [5, 5.41) is 0. The molecule has 0 unspecified atom stereocenters. The summed E-state index contributed by atoms with van der Waals surface area (Å²) < 4.78 is 26.5. The molecule has 1 aliphatic heterocycles. The van der Waals surface area contributed by atoms with Crippen molar-refractivity contribution in [1.29, 1.82) is 0 Å². The number of aromatic nitrogens is 2. The molecule has 0 bridgehead atoms. The third kappa shape index (κ3) is 4.09. The third-order valence-corrected chi connectivity index (χ3v) is 5.81. The first kappa shape index (κ1) is 17.2. The molecule has 130 valence electrons. The highest BCUT2D eigenvalue weighted by Crippen LogP contribution is 2.16. The molecule has 3 rings (SSSR count). The molecule has 0 N–H and O–H groups in total. The number of nitrogens with zero attached hydrogens (tertiary/aromatic N) is 4. The van der Waals surface area contributed by atoms with E-state index in [-0.39, 0.29) is 23.9 Å². The molecule has 3 heterocycles. The SMILES string of the molecule is O=C(C=Cc1cccnc1)N1CCN(S(=O)(=O)c2cccnc2)CC1. The van der Waals surface area contributed by atoms with E-state index in [4.69, 9.17) is 0 Å². The molecule has 0 aromatic carbocycles. The van der Waals surface area contributed by atoms with Crippen molar-refractivity contribution in [2.24, 2.45) is 0 Å². The molecule has 2 aromatic rings. The predicted molar refractivity (Wildman–Crippen MR) is 92.8 cm³/mol. The molecular weight excluding hydrogens is 340 g/mol. The van der Waals surface area contributed by atoms with E-state index in [1.165, 1.54) is 28.8 Å². The molecule has 0 radical (unpaired) electrons. The number of sulfonamides is 1. The van der Waals surface area contributed by atoms with Crippen LogP contribution in [0.25, 0.3) is 6.08 Å². The molecule has 0 aliphatic carbocycles. The smallest absolute Gasteiger partial charge is 0.246 e. The molecule has 7 nitrogen and oxygen atoms in total. The van der Waals surface area contributed by atoms with Gasteiger partial charge in [-0.25, -0.2) is 8.42 Å². The highest BCUT2D eigenvalue weighted by Gasteiger charge is 2.29. The number of rotatable bonds is 4. The maximum Gasteiger partial charge on any atom is 0.246 e. The minimum atomic E-state index is -3.56. The van der Waals surface area contributed by atoms with E-state index >= 15 is 0 Å². The van der Waals surface area contributed by atoms with Crippen LogP contribution in [-0.4, -0.2) is 59.7 Å². The molecule has 0 atom stereocenters. The fourth-order valence-electron chi connectivity index (χ4n) is 2.55. The van der Waals surface area contributed by atoms with Crippen molar-refractivity contribution in [2.45, 2.75) is 4.90 Å². The van der Waals surface area contributed by atoms with E-state index in [0.717, 1.165) is 5.56 Å². The first-order chi connectivity index (χ1) is 12.1. The van der Waals surface area contributed by atoms with Crippen molar-refractivity contribution in [3.05, 3.63) is 60.7 Å². The number of carbonyl (C=O) groups excluding carboxylic acids is 1. The first-order valence-electron chi connectivity index (χ1n) is 7.84. The van der Waals surface area contributed by atoms with Gasteiger partial charge in [-0.2, -0.15) is 4.31 Å². The van der Waals surface area contributed by atoms with Crippen LogP contribution >= 0.6 is 0 Å². The molecule has 1 saturated heterocycles. The van der Waals surface area contributed by atoms with Gasteiger partial charge >= 0.3 is 0 Å². The van der Waals surface area contributed by atoms with E-state index in [2.05, 4.69) is 9.97 Å². The molecule has 25 heavy (non-hydrogen) atoms. The lowest BCUT2D eigenvalue weighted by Crippen LogP contribution is -2.50. The minimum Gasteiger partial charge on any atom is -0.337 e. The fourth-order valence-corrected chi connectivity index (χ4v) is 3.93. The van der Waals surface area contributed by atoms with E-state index in [9.17, 15) is 13.2 Å². The monoisotopic (exact) mass is 358 g/mol. The van der Waals surface area contributed by atoms with Crippen LogP contribution in [-0.2, 0) is 14.8 Å². The Morgan fingerprint density at radius 3 is 2.28 bits per heavy atom. The molecule has 1 amide bonds. The van der Waals surface area contributed by atoms with Crippen LogP contribution in [0.1, 0.15) is 5.56 Å².